The summed E-state index contributed by atoms with van der Waals surface area (Å²) in [6.45, 7) is 8.68. The van der Waals surface area contributed by atoms with Crippen LogP contribution in [0.15, 0.2) is 36.4 Å². The monoisotopic (exact) mass is 830 g/mol. The van der Waals surface area contributed by atoms with Gasteiger partial charge in [-0.3, -0.25) is 29.0 Å². The van der Waals surface area contributed by atoms with Gasteiger partial charge < -0.3 is 56.9 Å². The van der Waals surface area contributed by atoms with Gasteiger partial charge in [0.25, 0.3) is 23.6 Å². The van der Waals surface area contributed by atoms with E-state index in [1.54, 1.807) is 12.1 Å². The molecule has 0 N–H and O–H groups in total. The van der Waals surface area contributed by atoms with Gasteiger partial charge in [-0.25, -0.2) is 0 Å². The van der Waals surface area contributed by atoms with E-state index in [0.717, 1.165) is 72.0 Å². The van der Waals surface area contributed by atoms with Crippen molar-refractivity contribution in [1.82, 2.24) is 9.80 Å². The molecule has 0 aliphatic carbocycles. The molecule has 4 amide bonds. The van der Waals surface area contributed by atoms with Crippen LogP contribution in [-0.2, 0) is 0 Å². The smallest absolute Gasteiger partial charge is 0.261 e. The predicted molar refractivity (Wildman–Crippen MR) is 164 cm³/mol. The summed E-state index contributed by atoms with van der Waals surface area (Å²) in [6.07, 6.45) is 6.23. The Labute approximate surface area is 297 Å². The number of unbranched alkanes of at least 4 members (excludes halogenated alkanes) is 3. The molecule has 0 atom stereocenters. The van der Waals surface area contributed by atoms with Gasteiger partial charge in [0.15, 0.2) is 0 Å². The van der Waals surface area contributed by atoms with Gasteiger partial charge >= 0.3 is 0 Å². The number of halogens is 2. The first-order chi connectivity index (χ1) is 19.8. The fourth-order valence-corrected chi connectivity index (χ4v) is 6.38. The van der Waals surface area contributed by atoms with Crippen molar-refractivity contribution in [2.45, 2.75) is 52.4 Å². The van der Waals surface area contributed by atoms with Crippen LogP contribution in [0.5, 0.6) is 0 Å². The molecule has 0 fully saturated rings. The Morgan fingerprint density at radius 2 is 0.841 bits per heavy atom. The Morgan fingerprint density at radius 3 is 1.18 bits per heavy atom. The topological polar surface area (TPSA) is 74.8 Å². The molecule has 0 spiro atoms. The second-order valence-electron chi connectivity index (χ2n) is 13.4. The average molecular weight is 831 g/mol. The van der Waals surface area contributed by atoms with Gasteiger partial charge in [-0.1, -0.05) is 24.3 Å². The molecule has 0 aromatic heterocycles. The molecular weight excluding hydrogens is 782 g/mol. The van der Waals surface area contributed by atoms with Crippen molar-refractivity contribution in [1.29, 1.82) is 0 Å². The number of imide groups is 2. The highest BCUT2D eigenvalue weighted by molar-refractivity contribution is 6.22. The van der Waals surface area contributed by atoms with Crippen molar-refractivity contribution in [3.8, 4) is 0 Å². The van der Waals surface area contributed by atoms with Crippen molar-refractivity contribution in [3.05, 3.63) is 69.8 Å². The zero-order valence-corrected chi connectivity index (χ0v) is 31.4. The first kappa shape index (κ1) is 38.3. The number of carbonyl (C=O) groups excluding carboxylic acids is 4. The van der Waals surface area contributed by atoms with Gasteiger partial charge in [-0.05, 0) is 62.8 Å². The third-order valence-electron chi connectivity index (χ3n) is 8.98. The van der Waals surface area contributed by atoms with Crippen molar-refractivity contribution in [2.75, 3.05) is 67.5 Å². The molecule has 242 valence electrons. The molecular formula is C34H48I2N4O4. The summed E-state index contributed by atoms with van der Waals surface area (Å²) < 4.78 is 1.75. The normalized spacial score (nSPS) is 14.5. The standard InChI is InChI=1S/C34H48N4O4.2HI/c1-25-15-11-17-27-29(25)33(41)35(31(27)39)19-13-23-37(3,4)21-9-7-8-10-22-38(5,6)24-14-20-36-32(40)28-18-12-16-26(2)30(28)34(36)42;;/h11-12,15-18H,7-10,13-14,19-24H2,1-6H3;2*1H/q+2;;/p-2. The molecule has 0 saturated heterocycles. The first-order valence-corrected chi connectivity index (χ1v) is 15.4. The largest absolute Gasteiger partial charge is 1.00 e. The van der Waals surface area contributed by atoms with Gasteiger partial charge in [0.2, 0.25) is 0 Å². The molecule has 0 radical (unpaired) electrons. The van der Waals surface area contributed by atoms with E-state index in [1.165, 1.54) is 22.6 Å². The lowest BCUT2D eigenvalue weighted by Crippen LogP contribution is -3.00. The predicted octanol–water partition coefficient (Wildman–Crippen LogP) is -1.30. The maximum Gasteiger partial charge on any atom is 0.261 e. The second kappa shape index (κ2) is 16.1. The maximum atomic E-state index is 12.8. The Balaban J connectivity index is 0.00000337. The van der Waals surface area contributed by atoms with Crippen LogP contribution in [0.3, 0.4) is 0 Å². The van der Waals surface area contributed by atoms with Crippen molar-refractivity contribution < 1.29 is 76.1 Å². The van der Waals surface area contributed by atoms with E-state index in [9.17, 15) is 19.2 Å². The molecule has 2 aromatic carbocycles. The molecule has 0 bridgehead atoms. The average Bonchev–Trinajstić information content (AvgIpc) is 3.32. The van der Waals surface area contributed by atoms with Gasteiger partial charge in [-0.15, -0.1) is 0 Å². The lowest BCUT2D eigenvalue weighted by atomic mass is 10.0. The fraction of sp³-hybridized carbons (Fsp3) is 0.529. The van der Waals surface area contributed by atoms with E-state index >= 15 is 0 Å². The van der Waals surface area contributed by atoms with E-state index in [4.69, 9.17) is 0 Å². The van der Waals surface area contributed by atoms with Crippen LogP contribution in [0.1, 0.15) is 91.1 Å². The van der Waals surface area contributed by atoms with E-state index in [0.29, 0.717) is 35.3 Å². The first-order valence-electron chi connectivity index (χ1n) is 15.4. The van der Waals surface area contributed by atoms with Crippen LogP contribution in [0, 0.1) is 13.8 Å². The van der Waals surface area contributed by atoms with E-state index in [2.05, 4.69) is 28.2 Å². The molecule has 44 heavy (non-hydrogen) atoms. The third-order valence-corrected chi connectivity index (χ3v) is 8.98. The van der Waals surface area contributed by atoms with Gasteiger partial charge in [0, 0.05) is 25.9 Å². The minimum absolute atomic E-state index is 0. The van der Waals surface area contributed by atoms with E-state index in [-0.39, 0.29) is 71.6 Å². The lowest BCUT2D eigenvalue weighted by molar-refractivity contribution is -0.891. The lowest BCUT2D eigenvalue weighted by Gasteiger charge is -2.31. The number of benzene rings is 2. The third kappa shape index (κ3) is 8.88. The zero-order chi connectivity index (χ0) is 30.7. The van der Waals surface area contributed by atoms with Gasteiger partial charge in [0.05, 0.1) is 76.6 Å². The summed E-state index contributed by atoms with van der Waals surface area (Å²) in [7, 11) is 8.90. The molecule has 10 heteroatoms. The molecule has 2 heterocycles. The number of rotatable bonds is 15. The molecule has 2 aromatic rings. The Morgan fingerprint density at radius 1 is 0.500 bits per heavy atom. The Hall–Kier alpha value is -1.90. The summed E-state index contributed by atoms with van der Waals surface area (Å²) in [5, 5.41) is 0. The van der Waals surface area contributed by atoms with Crippen LogP contribution < -0.4 is 48.0 Å². The quantitative estimate of drug-likeness (QED) is 0.0970. The minimum Gasteiger partial charge on any atom is -1.00 e. The number of carbonyl (C=O) groups is 4. The Kier molecular flexibility index (Phi) is 14.0. The van der Waals surface area contributed by atoms with Crippen LogP contribution in [0.2, 0.25) is 0 Å². The fourth-order valence-electron chi connectivity index (χ4n) is 6.38. The molecule has 2 aliphatic rings. The van der Waals surface area contributed by atoms with Gasteiger partial charge in [0.1, 0.15) is 0 Å². The number of hydrogen-bond acceptors (Lipinski definition) is 4. The minimum atomic E-state index is -0.163. The van der Waals surface area contributed by atoms with Gasteiger partial charge in [-0.2, -0.15) is 0 Å². The molecule has 0 unspecified atom stereocenters. The molecule has 8 nitrogen and oxygen atoms in total. The number of hydrogen-bond donors (Lipinski definition) is 0. The van der Waals surface area contributed by atoms with Crippen molar-refractivity contribution >= 4 is 23.6 Å². The molecule has 2 aliphatic heterocycles. The SMILES string of the molecule is Cc1cccc2c1C(=O)N(CCC[N+](C)(C)CCCCCC[N+](C)(C)CCCN1C(=O)c3cccc(C)c3C1=O)C2=O.[I-].[I-]. The van der Waals surface area contributed by atoms with Crippen LogP contribution in [0.4, 0.5) is 0 Å². The molecule has 0 saturated carbocycles. The number of aryl methyl sites for hydroxylation is 2. The second-order valence-corrected chi connectivity index (χ2v) is 13.4. The summed E-state index contributed by atoms with van der Waals surface area (Å²) >= 11 is 0. The highest BCUT2D eigenvalue weighted by atomic mass is 127. The number of nitrogens with zero attached hydrogens (tertiary/aromatic N) is 4. The number of quaternary nitrogens is 2. The van der Waals surface area contributed by atoms with Crippen molar-refractivity contribution in [2.24, 2.45) is 0 Å². The Bertz CT molecular complexity index is 1270. The zero-order valence-electron chi connectivity index (χ0n) is 27.1. The van der Waals surface area contributed by atoms with Crippen LogP contribution in [-0.4, -0.2) is 110 Å². The van der Waals surface area contributed by atoms with E-state index in [1.807, 2.05) is 38.1 Å². The summed E-state index contributed by atoms with van der Waals surface area (Å²) in [5.74, 6) is -0.634. The summed E-state index contributed by atoms with van der Waals surface area (Å²) in [4.78, 5) is 53.9. The highest BCUT2D eigenvalue weighted by Gasteiger charge is 2.37. The number of fused-ring (bicyclic) bond motifs is 2. The van der Waals surface area contributed by atoms with Crippen LogP contribution in [0.25, 0.3) is 0 Å². The molecule has 4 rings (SSSR count). The number of amides is 4. The highest BCUT2D eigenvalue weighted by Crippen LogP contribution is 2.27. The van der Waals surface area contributed by atoms with E-state index < -0.39 is 0 Å². The summed E-state index contributed by atoms with van der Waals surface area (Å²) in [5.41, 5.74) is 3.93. The van der Waals surface area contributed by atoms with Crippen molar-refractivity contribution in [3.63, 3.8) is 0 Å². The maximum absolute atomic E-state index is 12.8. The summed E-state index contributed by atoms with van der Waals surface area (Å²) in [6, 6.07) is 10.9. The van der Waals surface area contributed by atoms with Crippen LogP contribution >= 0.6 is 0 Å².